The third-order valence-corrected chi connectivity index (χ3v) is 3.67. The predicted molar refractivity (Wildman–Crippen MR) is 82.2 cm³/mol. The topological polar surface area (TPSA) is 86.6 Å². The van der Waals surface area contributed by atoms with Gasteiger partial charge >= 0.3 is 5.97 Å². The number of aromatic carboxylic acids is 1. The Morgan fingerprint density at radius 3 is 2.38 bits per heavy atom. The highest BCUT2D eigenvalue weighted by Crippen LogP contribution is 2.26. The zero-order valence-electron chi connectivity index (χ0n) is 10.4. The number of amides is 1. The summed E-state index contributed by atoms with van der Waals surface area (Å²) < 4.78 is 0.463. The number of carboxylic acids is 1. The summed E-state index contributed by atoms with van der Waals surface area (Å²) in [5, 5.41) is 21.2. The normalized spacial score (nSPS) is 10.2. The number of anilines is 1. The molecule has 5 nitrogen and oxygen atoms in total. The van der Waals surface area contributed by atoms with Crippen LogP contribution < -0.4 is 5.32 Å². The van der Waals surface area contributed by atoms with E-state index >= 15 is 0 Å². The number of aromatic hydroxyl groups is 1. The summed E-state index contributed by atoms with van der Waals surface area (Å²) in [6.07, 6.45) is 0. The SMILES string of the molecule is O=C(O)c1ccc(Cl)c(NC(=O)c2ccc(Br)c(O)c2)c1. The van der Waals surface area contributed by atoms with Gasteiger partial charge in [0, 0.05) is 5.56 Å². The molecule has 0 atom stereocenters. The van der Waals surface area contributed by atoms with Crippen LogP contribution in [0, 0.1) is 0 Å². The lowest BCUT2D eigenvalue weighted by atomic mass is 10.1. The number of nitrogens with one attached hydrogen (secondary N) is 1. The molecule has 21 heavy (non-hydrogen) atoms. The number of rotatable bonds is 3. The van der Waals surface area contributed by atoms with Gasteiger partial charge < -0.3 is 15.5 Å². The Balaban J connectivity index is 2.28. The summed E-state index contributed by atoms with van der Waals surface area (Å²) in [5.41, 5.74) is 0.407. The van der Waals surface area contributed by atoms with Crippen molar-refractivity contribution in [2.24, 2.45) is 0 Å². The summed E-state index contributed by atoms with van der Waals surface area (Å²) in [7, 11) is 0. The smallest absolute Gasteiger partial charge is 0.335 e. The van der Waals surface area contributed by atoms with E-state index in [1.807, 2.05) is 0 Å². The van der Waals surface area contributed by atoms with E-state index < -0.39 is 11.9 Å². The Morgan fingerprint density at radius 1 is 1.10 bits per heavy atom. The first-order valence-electron chi connectivity index (χ1n) is 5.71. The summed E-state index contributed by atoms with van der Waals surface area (Å²) >= 11 is 9.04. The summed E-state index contributed by atoms with van der Waals surface area (Å²) in [6, 6.07) is 8.31. The monoisotopic (exact) mass is 369 g/mol. The number of phenols is 1. The fourth-order valence-electron chi connectivity index (χ4n) is 1.60. The maximum atomic E-state index is 12.1. The van der Waals surface area contributed by atoms with E-state index in [1.54, 1.807) is 0 Å². The van der Waals surface area contributed by atoms with Gasteiger partial charge in [0.15, 0.2) is 0 Å². The van der Waals surface area contributed by atoms with E-state index in [0.717, 1.165) is 0 Å². The largest absolute Gasteiger partial charge is 0.507 e. The molecule has 0 aliphatic heterocycles. The second-order valence-electron chi connectivity index (χ2n) is 4.12. The van der Waals surface area contributed by atoms with Gasteiger partial charge in [-0.2, -0.15) is 0 Å². The summed E-state index contributed by atoms with van der Waals surface area (Å²) in [5.74, 6) is -1.71. The Morgan fingerprint density at radius 2 is 1.76 bits per heavy atom. The minimum Gasteiger partial charge on any atom is -0.507 e. The first-order valence-corrected chi connectivity index (χ1v) is 6.88. The molecule has 0 unspecified atom stereocenters. The molecule has 3 N–H and O–H groups in total. The van der Waals surface area contributed by atoms with Crippen LogP contribution in [0.5, 0.6) is 5.75 Å². The van der Waals surface area contributed by atoms with Crippen LogP contribution in [0.2, 0.25) is 5.02 Å². The predicted octanol–water partition coefficient (Wildman–Crippen LogP) is 3.76. The van der Waals surface area contributed by atoms with Gasteiger partial charge in [-0.15, -0.1) is 0 Å². The first kappa shape index (κ1) is 15.3. The number of phenolic OH excluding ortho intramolecular Hbond substituents is 1. The third kappa shape index (κ3) is 3.53. The lowest BCUT2D eigenvalue weighted by Crippen LogP contribution is -2.12. The van der Waals surface area contributed by atoms with Crippen molar-refractivity contribution in [3.05, 3.63) is 57.0 Å². The van der Waals surface area contributed by atoms with Gasteiger partial charge in [0.2, 0.25) is 0 Å². The third-order valence-electron chi connectivity index (χ3n) is 2.67. The van der Waals surface area contributed by atoms with Gasteiger partial charge in [-0.3, -0.25) is 4.79 Å². The molecule has 7 heteroatoms. The van der Waals surface area contributed by atoms with Gasteiger partial charge in [0.25, 0.3) is 5.91 Å². The fraction of sp³-hybridized carbons (Fsp3) is 0. The highest BCUT2D eigenvalue weighted by molar-refractivity contribution is 9.10. The molecule has 0 aromatic heterocycles. The van der Waals surface area contributed by atoms with Gasteiger partial charge in [-0.1, -0.05) is 11.6 Å². The average Bonchev–Trinajstić information content (AvgIpc) is 2.43. The zero-order chi connectivity index (χ0) is 15.6. The molecule has 0 bridgehead atoms. The molecule has 2 aromatic carbocycles. The van der Waals surface area contributed by atoms with Crippen molar-refractivity contribution in [1.82, 2.24) is 0 Å². The number of halogens is 2. The summed E-state index contributed by atoms with van der Waals surface area (Å²) in [4.78, 5) is 23.0. The van der Waals surface area contributed by atoms with Crippen molar-refractivity contribution in [2.75, 3.05) is 5.32 Å². The lowest BCUT2D eigenvalue weighted by Gasteiger charge is -2.09. The molecule has 1 amide bonds. The van der Waals surface area contributed by atoms with Crippen molar-refractivity contribution < 1.29 is 19.8 Å². The van der Waals surface area contributed by atoms with Crippen LogP contribution in [0.4, 0.5) is 5.69 Å². The van der Waals surface area contributed by atoms with Crippen LogP contribution in [0.1, 0.15) is 20.7 Å². The quantitative estimate of drug-likeness (QED) is 0.768. The first-order chi connectivity index (χ1) is 9.88. The van der Waals surface area contributed by atoms with Crippen LogP contribution in [-0.2, 0) is 0 Å². The molecule has 0 heterocycles. The molecule has 0 aliphatic carbocycles. The second-order valence-corrected chi connectivity index (χ2v) is 5.38. The van der Waals surface area contributed by atoms with E-state index in [4.69, 9.17) is 16.7 Å². The maximum Gasteiger partial charge on any atom is 0.335 e. The molecular weight excluding hydrogens is 362 g/mol. The number of carbonyl (C=O) groups excluding carboxylic acids is 1. The number of benzene rings is 2. The Hall–Kier alpha value is -2.05. The van der Waals surface area contributed by atoms with Crippen molar-refractivity contribution in [1.29, 1.82) is 0 Å². The van der Waals surface area contributed by atoms with Crippen LogP contribution in [-0.4, -0.2) is 22.1 Å². The Labute approximate surface area is 133 Å². The molecule has 0 saturated carbocycles. The molecular formula is C14H9BrClNO4. The van der Waals surface area contributed by atoms with Crippen molar-refractivity contribution in [3.63, 3.8) is 0 Å². The number of hydrogen-bond donors (Lipinski definition) is 3. The lowest BCUT2D eigenvalue weighted by molar-refractivity contribution is 0.0696. The van der Waals surface area contributed by atoms with Crippen LogP contribution in [0.3, 0.4) is 0 Å². The average molecular weight is 371 g/mol. The van der Waals surface area contributed by atoms with Crippen molar-refractivity contribution in [2.45, 2.75) is 0 Å². The Bertz CT molecular complexity index is 733. The molecule has 108 valence electrons. The summed E-state index contributed by atoms with van der Waals surface area (Å²) in [6.45, 7) is 0. The van der Waals surface area contributed by atoms with E-state index in [0.29, 0.717) is 4.47 Å². The molecule has 0 aliphatic rings. The van der Waals surface area contributed by atoms with Gasteiger partial charge in [0.1, 0.15) is 5.75 Å². The molecule has 0 fully saturated rings. The number of carboxylic acid groups (broad SMARTS) is 1. The van der Waals surface area contributed by atoms with Crippen LogP contribution >= 0.6 is 27.5 Å². The standard InChI is InChI=1S/C14H9BrClNO4/c15-9-3-1-7(6-12(9)18)13(19)17-11-5-8(14(20)21)2-4-10(11)16/h1-6,18H,(H,17,19)(H,20,21). The second kappa shape index (κ2) is 6.15. The van der Waals surface area contributed by atoms with Crippen molar-refractivity contribution in [3.8, 4) is 5.75 Å². The minimum atomic E-state index is -1.12. The molecule has 2 aromatic rings. The molecule has 0 spiro atoms. The van der Waals surface area contributed by atoms with Gasteiger partial charge in [0.05, 0.1) is 20.7 Å². The van der Waals surface area contributed by atoms with Crippen molar-refractivity contribution >= 4 is 45.1 Å². The van der Waals surface area contributed by atoms with E-state index in [-0.39, 0.29) is 27.6 Å². The van der Waals surface area contributed by atoms with Gasteiger partial charge in [-0.25, -0.2) is 4.79 Å². The van der Waals surface area contributed by atoms with E-state index in [1.165, 1.54) is 36.4 Å². The number of hydrogen-bond acceptors (Lipinski definition) is 3. The highest BCUT2D eigenvalue weighted by atomic mass is 79.9. The molecule has 2 rings (SSSR count). The van der Waals surface area contributed by atoms with Gasteiger partial charge in [-0.05, 0) is 52.3 Å². The molecule has 0 saturated heterocycles. The minimum absolute atomic E-state index is 0.00773. The van der Waals surface area contributed by atoms with E-state index in [9.17, 15) is 14.7 Å². The van der Waals surface area contributed by atoms with Crippen LogP contribution in [0.15, 0.2) is 40.9 Å². The van der Waals surface area contributed by atoms with E-state index in [2.05, 4.69) is 21.2 Å². The zero-order valence-corrected chi connectivity index (χ0v) is 12.8. The number of carbonyl (C=O) groups is 2. The Kier molecular flexibility index (Phi) is 4.50. The highest BCUT2D eigenvalue weighted by Gasteiger charge is 2.12. The maximum absolute atomic E-state index is 12.1. The molecule has 0 radical (unpaired) electrons. The van der Waals surface area contributed by atoms with Crippen LogP contribution in [0.25, 0.3) is 0 Å². The fourth-order valence-corrected chi connectivity index (χ4v) is 2.01.